The summed E-state index contributed by atoms with van der Waals surface area (Å²) in [5.74, 6) is -0.0829. The van der Waals surface area contributed by atoms with Gasteiger partial charge < -0.3 is 14.8 Å². The minimum Gasteiger partial charge on any atom is -0.465 e. The smallest absolute Gasteiger partial charge is 0.326 e. The lowest BCUT2D eigenvalue weighted by Gasteiger charge is -2.46. The summed E-state index contributed by atoms with van der Waals surface area (Å²) < 4.78 is 10.9. The number of rotatable bonds is 5. The van der Waals surface area contributed by atoms with Crippen LogP contribution in [0, 0.1) is 0 Å². The summed E-state index contributed by atoms with van der Waals surface area (Å²) >= 11 is 0. The molecule has 2 rings (SSSR count). The predicted octanol–water partition coefficient (Wildman–Crippen LogP) is 1.56. The molecule has 21 heavy (non-hydrogen) atoms. The van der Waals surface area contributed by atoms with E-state index in [0.717, 1.165) is 45.6 Å². The first-order chi connectivity index (χ1) is 9.95. The van der Waals surface area contributed by atoms with Crippen molar-refractivity contribution < 1.29 is 14.3 Å². The molecule has 1 aliphatic heterocycles. The zero-order chi connectivity index (χ0) is 15.5. The first-order valence-corrected chi connectivity index (χ1v) is 8.22. The SMILES string of the molecule is CCNC1(C(=O)OCC)CCC(N2CCOCC2(C)C)C1. The summed E-state index contributed by atoms with van der Waals surface area (Å²) in [4.78, 5) is 14.9. The standard InChI is InChI=1S/C16H30N2O3/c1-5-17-16(14(19)21-6-2)8-7-13(11-16)18-9-10-20-12-15(18,3)4/h13,17H,5-12H2,1-4H3. The van der Waals surface area contributed by atoms with Crippen LogP contribution in [0.15, 0.2) is 0 Å². The van der Waals surface area contributed by atoms with E-state index in [1.54, 1.807) is 0 Å². The van der Waals surface area contributed by atoms with Crippen molar-refractivity contribution >= 4 is 5.97 Å². The van der Waals surface area contributed by atoms with Gasteiger partial charge in [0.25, 0.3) is 0 Å². The van der Waals surface area contributed by atoms with Gasteiger partial charge in [0.2, 0.25) is 0 Å². The van der Waals surface area contributed by atoms with Gasteiger partial charge in [-0.25, -0.2) is 0 Å². The van der Waals surface area contributed by atoms with E-state index in [1.165, 1.54) is 0 Å². The van der Waals surface area contributed by atoms with E-state index in [4.69, 9.17) is 9.47 Å². The molecule has 1 saturated heterocycles. The number of morpholine rings is 1. The highest BCUT2D eigenvalue weighted by Gasteiger charge is 2.49. The second-order valence-corrected chi connectivity index (χ2v) is 6.79. The van der Waals surface area contributed by atoms with Gasteiger partial charge in [-0.1, -0.05) is 6.92 Å². The molecule has 2 fully saturated rings. The average Bonchev–Trinajstić information content (AvgIpc) is 2.84. The third-order valence-corrected chi connectivity index (χ3v) is 4.82. The maximum absolute atomic E-state index is 12.4. The highest BCUT2D eigenvalue weighted by atomic mass is 16.5. The summed E-state index contributed by atoms with van der Waals surface area (Å²) in [5, 5.41) is 3.41. The largest absolute Gasteiger partial charge is 0.465 e. The molecule has 2 atom stereocenters. The van der Waals surface area contributed by atoms with E-state index in [9.17, 15) is 4.79 Å². The van der Waals surface area contributed by atoms with E-state index in [0.29, 0.717) is 12.6 Å². The van der Waals surface area contributed by atoms with E-state index < -0.39 is 5.54 Å². The third kappa shape index (κ3) is 3.41. The Bertz CT molecular complexity index is 373. The predicted molar refractivity (Wildman–Crippen MR) is 82.3 cm³/mol. The molecule has 0 amide bonds. The van der Waals surface area contributed by atoms with Crippen LogP contribution in [0.2, 0.25) is 0 Å². The van der Waals surface area contributed by atoms with Crippen LogP contribution in [0.3, 0.4) is 0 Å². The van der Waals surface area contributed by atoms with Crippen LogP contribution >= 0.6 is 0 Å². The Hall–Kier alpha value is -0.650. The number of hydrogen-bond acceptors (Lipinski definition) is 5. The maximum atomic E-state index is 12.4. The van der Waals surface area contributed by atoms with Gasteiger partial charge in [0, 0.05) is 18.1 Å². The Kier molecular flexibility index (Phi) is 5.28. The van der Waals surface area contributed by atoms with E-state index in [2.05, 4.69) is 24.1 Å². The Balaban J connectivity index is 2.10. The first-order valence-electron chi connectivity index (χ1n) is 8.22. The molecule has 5 nitrogen and oxygen atoms in total. The number of nitrogens with zero attached hydrogens (tertiary/aromatic N) is 1. The molecule has 2 unspecified atom stereocenters. The molecule has 1 heterocycles. The normalized spacial score (nSPS) is 33.0. The minimum atomic E-state index is -0.496. The van der Waals surface area contributed by atoms with Gasteiger partial charge in [-0.15, -0.1) is 0 Å². The molecule has 0 bridgehead atoms. The minimum absolute atomic E-state index is 0.0415. The van der Waals surface area contributed by atoms with Gasteiger partial charge in [-0.05, 0) is 46.6 Å². The number of ether oxygens (including phenoxy) is 2. The molecule has 1 N–H and O–H groups in total. The van der Waals surface area contributed by atoms with Crippen molar-refractivity contribution in [3.63, 3.8) is 0 Å². The lowest BCUT2D eigenvalue weighted by Crippen LogP contribution is -2.58. The fraction of sp³-hybridized carbons (Fsp3) is 0.938. The molecule has 0 aromatic carbocycles. The molecule has 1 aliphatic carbocycles. The topological polar surface area (TPSA) is 50.8 Å². The third-order valence-electron chi connectivity index (χ3n) is 4.82. The van der Waals surface area contributed by atoms with E-state index in [1.807, 2.05) is 13.8 Å². The van der Waals surface area contributed by atoms with Crippen molar-refractivity contribution in [2.75, 3.05) is 32.9 Å². The molecular formula is C16H30N2O3. The molecule has 0 radical (unpaired) electrons. The molecule has 1 saturated carbocycles. The number of likely N-dealkylation sites (N-methyl/N-ethyl adjacent to an activating group) is 1. The summed E-state index contributed by atoms with van der Waals surface area (Å²) in [5.41, 5.74) is -0.455. The van der Waals surface area contributed by atoms with Gasteiger partial charge in [-0.3, -0.25) is 9.69 Å². The Labute approximate surface area is 128 Å². The van der Waals surface area contributed by atoms with Gasteiger partial charge in [0.05, 0.1) is 19.8 Å². The number of esters is 1. The van der Waals surface area contributed by atoms with Crippen molar-refractivity contribution in [3.05, 3.63) is 0 Å². The summed E-state index contributed by atoms with van der Waals surface area (Å²) in [6.45, 7) is 12.1. The second-order valence-electron chi connectivity index (χ2n) is 6.79. The zero-order valence-corrected chi connectivity index (χ0v) is 13.9. The molecule has 122 valence electrons. The van der Waals surface area contributed by atoms with E-state index in [-0.39, 0.29) is 11.5 Å². The van der Waals surface area contributed by atoms with E-state index >= 15 is 0 Å². The average molecular weight is 298 g/mol. The Morgan fingerprint density at radius 2 is 2.19 bits per heavy atom. The molecule has 0 aromatic heterocycles. The van der Waals surface area contributed by atoms with Crippen LogP contribution in [0.25, 0.3) is 0 Å². The zero-order valence-electron chi connectivity index (χ0n) is 13.9. The van der Waals surface area contributed by atoms with Gasteiger partial charge in [0.1, 0.15) is 5.54 Å². The van der Waals surface area contributed by atoms with Gasteiger partial charge in [-0.2, -0.15) is 0 Å². The Morgan fingerprint density at radius 3 is 2.81 bits per heavy atom. The lowest BCUT2D eigenvalue weighted by molar-refractivity contribution is -0.151. The van der Waals surface area contributed by atoms with Crippen LogP contribution in [0.4, 0.5) is 0 Å². The maximum Gasteiger partial charge on any atom is 0.326 e. The molecule has 0 aromatic rings. The quantitative estimate of drug-likeness (QED) is 0.781. The molecule has 2 aliphatic rings. The van der Waals surface area contributed by atoms with Gasteiger partial charge in [0.15, 0.2) is 0 Å². The second kappa shape index (κ2) is 6.63. The fourth-order valence-corrected chi connectivity index (χ4v) is 3.86. The summed E-state index contributed by atoms with van der Waals surface area (Å²) in [6.07, 6.45) is 2.73. The number of carbonyl (C=O) groups is 1. The van der Waals surface area contributed by atoms with Gasteiger partial charge >= 0.3 is 5.97 Å². The van der Waals surface area contributed by atoms with Crippen molar-refractivity contribution in [2.45, 2.75) is 64.1 Å². The lowest BCUT2D eigenvalue weighted by atomic mass is 9.95. The molecule has 0 spiro atoms. The van der Waals surface area contributed by atoms with Crippen LogP contribution in [0.5, 0.6) is 0 Å². The monoisotopic (exact) mass is 298 g/mol. The molecule has 5 heteroatoms. The molecular weight excluding hydrogens is 268 g/mol. The Morgan fingerprint density at radius 1 is 1.43 bits per heavy atom. The van der Waals surface area contributed by atoms with Crippen LogP contribution < -0.4 is 5.32 Å². The number of carbonyl (C=O) groups excluding carboxylic acids is 1. The van der Waals surface area contributed by atoms with Crippen molar-refractivity contribution in [1.29, 1.82) is 0 Å². The summed E-state index contributed by atoms with van der Waals surface area (Å²) in [7, 11) is 0. The summed E-state index contributed by atoms with van der Waals surface area (Å²) in [6, 6.07) is 0.423. The highest BCUT2D eigenvalue weighted by molar-refractivity contribution is 5.81. The van der Waals surface area contributed by atoms with Crippen LogP contribution in [-0.2, 0) is 14.3 Å². The van der Waals surface area contributed by atoms with Crippen LogP contribution in [0.1, 0.15) is 47.0 Å². The number of nitrogens with one attached hydrogen (secondary N) is 1. The number of hydrogen-bond donors (Lipinski definition) is 1. The van der Waals surface area contributed by atoms with Crippen molar-refractivity contribution in [3.8, 4) is 0 Å². The highest BCUT2D eigenvalue weighted by Crippen LogP contribution is 2.37. The van der Waals surface area contributed by atoms with Crippen LogP contribution in [-0.4, -0.2) is 60.9 Å². The fourth-order valence-electron chi connectivity index (χ4n) is 3.86. The first kappa shape index (κ1) is 16.7. The van der Waals surface area contributed by atoms with Crippen molar-refractivity contribution in [1.82, 2.24) is 10.2 Å². The van der Waals surface area contributed by atoms with Crippen molar-refractivity contribution in [2.24, 2.45) is 0 Å².